The second kappa shape index (κ2) is 10.0. The van der Waals surface area contributed by atoms with E-state index in [9.17, 15) is 26.0 Å². The number of nitrogens with one attached hydrogen (secondary N) is 2. The highest BCUT2D eigenvalue weighted by Gasteiger charge is 2.30. The lowest BCUT2D eigenvalue weighted by molar-refractivity contribution is -0.121. The van der Waals surface area contributed by atoms with E-state index in [0.717, 1.165) is 16.8 Å². The van der Waals surface area contributed by atoms with Crippen LogP contribution in [-0.2, 0) is 30.1 Å². The zero-order chi connectivity index (χ0) is 24.2. The van der Waals surface area contributed by atoms with E-state index in [1.54, 1.807) is 41.9 Å². The van der Waals surface area contributed by atoms with E-state index < -0.39 is 29.0 Å². The Labute approximate surface area is 189 Å². The maximum Gasteiger partial charge on any atom is 0.402 e. The normalized spacial score (nSPS) is 13.3. The van der Waals surface area contributed by atoms with Gasteiger partial charge in [-0.05, 0) is 55.2 Å². The minimum absolute atomic E-state index is 0.283. The molecule has 2 aromatic carbocycles. The molecule has 0 saturated heterocycles. The van der Waals surface area contributed by atoms with Crippen LogP contribution in [0.4, 0.5) is 17.6 Å². The Morgan fingerprint density at radius 1 is 1.06 bits per heavy atom. The van der Waals surface area contributed by atoms with Gasteiger partial charge in [-0.1, -0.05) is 30.3 Å². The van der Waals surface area contributed by atoms with Gasteiger partial charge in [0, 0.05) is 24.3 Å². The van der Waals surface area contributed by atoms with Crippen molar-refractivity contribution in [2.75, 3.05) is 6.54 Å². The number of aromatic nitrogens is 2. The minimum Gasteiger partial charge on any atom is -0.272 e. The molecule has 1 atom stereocenters. The lowest BCUT2D eigenvalue weighted by Gasteiger charge is -2.16. The smallest absolute Gasteiger partial charge is 0.272 e. The molecule has 0 radical (unpaired) electrons. The van der Waals surface area contributed by atoms with E-state index >= 15 is 0 Å². The minimum atomic E-state index is -4.65. The molecule has 0 aliphatic rings. The van der Waals surface area contributed by atoms with Crippen LogP contribution < -0.4 is 9.44 Å². The molecule has 0 amide bonds. The Balaban J connectivity index is 1.70. The van der Waals surface area contributed by atoms with Crippen LogP contribution in [0.1, 0.15) is 29.8 Å². The molecule has 178 valence electrons. The average molecular weight is 485 g/mol. The molecule has 0 bridgehead atoms. The van der Waals surface area contributed by atoms with Crippen LogP contribution in [0.3, 0.4) is 0 Å². The molecule has 0 aliphatic heterocycles. The highest BCUT2D eigenvalue weighted by molar-refractivity contribution is 7.87. The lowest BCUT2D eigenvalue weighted by atomic mass is 10.0. The maximum atomic E-state index is 13.1. The number of nitrogens with zero attached hydrogens (tertiary/aromatic N) is 2. The van der Waals surface area contributed by atoms with E-state index in [-0.39, 0.29) is 5.82 Å². The first-order valence-electron chi connectivity index (χ1n) is 10.1. The largest absolute Gasteiger partial charge is 0.402 e. The van der Waals surface area contributed by atoms with Crippen molar-refractivity contribution >= 4 is 10.2 Å². The Hall–Kier alpha value is -2.76. The third-order valence-electron chi connectivity index (χ3n) is 5.04. The van der Waals surface area contributed by atoms with Crippen molar-refractivity contribution in [3.63, 3.8) is 0 Å². The van der Waals surface area contributed by atoms with Crippen LogP contribution >= 0.6 is 0 Å². The third-order valence-corrected chi connectivity index (χ3v) is 6.22. The molecule has 0 saturated carbocycles. The van der Waals surface area contributed by atoms with Gasteiger partial charge in [0.2, 0.25) is 0 Å². The summed E-state index contributed by atoms with van der Waals surface area (Å²) >= 11 is 0. The van der Waals surface area contributed by atoms with Crippen molar-refractivity contribution < 1.29 is 26.0 Å². The second-order valence-electron chi connectivity index (χ2n) is 7.68. The van der Waals surface area contributed by atoms with E-state index in [0.29, 0.717) is 24.1 Å². The average Bonchev–Trinajstić information content (AvgIpc) is 3.12. The first-order chi connectivity index (χ1) is 15.4. The fraction of sp³-hybridized carbons (Fsp3) is 0.318. The number of halogens is 4. The van der Waals surface area contributed by atoms with Gasteiger partial charge >= 0.3 is 6.18 Å². The number of hydrogen-bond acceptors (Lipinski definition) is 3. The van der Waals surface area contributed by atoms with E-state index in [1.807, 2.05) is 19.2 Å². The van der Waals surface area contributed by atoms with Gasteiger partial charge < -0.3 is 0 Å². The quantitative estimate of drug-likeness (QED) is 0.450. The fourth-order valence-corrected chi connectivity index (χ4v) is 4.33. The molecule has 0 spiro atoms. The molecule has 3 aromatic rings. The van der Waals surface area contributed by atoms with Gasteiger partial charge in [0.15, 0.2) is 0 Å². The van der Waals surface area contributed by atoms with Gasteiger partial charge in [0.05, 0.1) is 5.69 Å². The van der Waals surface area contributed by atoms with Crippen molar-refractivity contribution in [2.45, 2.75) is 32.0 Å². The molecule has 11 heteroatoms. The second-order valence-corrected chi connectivity index (χ2v) is 9.21. The van der Waals surface area contributed by atoms with Gasteiger partial charge in [-0.25, -0.2) is 4.39 Å². The molecule has 0 fully saturated rings. The molecular formula is C22H24F4N4O2S. The maximum absolute atomic E-state index is 13.1. The Kier molecular flexibility index (Phi) is 7.55. The SMILES string of the molecule is CC(NS(=O)(=O)NCC(F)(F)F)c1cccc(-c2cc(CCc3ccc(F)cc3)n(C)n2)c1. The molecule has 33 heavy (non-hydrogen) atoms. The molecule has 3 rings (SSSR count). The zero-order valence-corrected chi connectivity index (χ0v) is 18.8. The third kappa shape index (κ3) is 7.37. The van der Waals surface area contributed by atoms with Crippen LogP contribution in [0.25, 0.3) is 11.3 Å². The Bertz CT molecular complexity index is 1190. The predicted molar refractivity (Wildman–Crippen MR) is 117 cm³/mol. The zero-order valence-electron chi connectivity index (χ0n) is 18.0. The highest BCUT2D eigenvalue weighted by Crippen LogP contribution is 2.24. The van der Waals surface area contributed by atoms with E-state index in [4.69, 9.17) is 0 Å². The Morgan fingerprint density at radius 2 is 1.76 bits per heavy atom. The fourth-order valence-electron chi connectivity index (χ4n) is 3.29. The molecule has 0 aliphatic carbocycles. The van der Waals surface area contributed by atoms with Gasteiger partial charge in [-0.3, -0.25) is 4.68 Å². The van der Waals surface area contributed by atoms with Crippen molar-refractivity contribution in [1.82, 2.24) is 19.2 Å². The summed E-state index contributed by atoms with van der Waals surface area (Å²) in [4.78, 5) is 0. The molecule has 6 nitrogen and oxygen atoms in total. The first kappa shape index (κ1) is 24.9. The van der Waals surface area contributed by atoms with Crippen LogP contribution in [0.5, 0.6) is 0 Å². The van der Waals surface area contributed by atoms with E-state index in [1.165, 1.54) is 16.9 Å². The molecule has 1 heterocycles. The number of hydrogen-bond donors (Lipinski definition) is 2. The number of rotatable bonds is 9. The monoisotopic (exact) mass is 484 g/mol. The summed E-state index contributed by atoms with van der Waals surface area (Å²) in [5.74, 6) is -0.283. The highest BCUT2D eigenvalue weighted by atomic mass is 32.2. The van der Waals surface area contributed by atoms with Crippen molar-refractivity contribution in [2.24, 2.45) is 7.05 Å². The number of aryl methyl sites for hydroxylation is 3. The summed E-state index contributed by atoms with van der Waals surface area (Å²) in [6.45, 7) is -0.109. The number of benzene rings is 2. The molecule has 1 aromatic heterocycles. The van der Waals surface area contributed by atoms with Crippen LogP contribution in [-0.4, -0.2) is 30.9 Å². The van der Waals surface area contributed by atoms with Gasteiger partial charge in [0.25, 0.3) is 10.2 Å². The van der Waals surface area contributed by atoms with Crippen molar-refractivity contribution in [3.05, 3.63) is 77.2 Å². The summed E-state index contributed by atoms with van der Waals surface area (Å²) in [5.41, 5.74) is 3.96. The summed E-state index contributed by atoms with van der Waals surface area (Å²) in [7, 11) is -2.53. The van der Waals surface area contributed by atoms with Crippen molar-refractivity contribution in [1.29, 1.82) is 0 Å². The molecule has 2 N–H and O–H groups in total. The van der Waals surface area contributed by atoms with Crippen LogP contribution in [0.15, 0.2) is 54.6 Å². The Morgan fingerprint density at radius 3 is 2.42 bits per heavy atom. The number of alkyl halides is 3. The van der Waals surface area contributed by atoms with Gasteiger partial charge in [-0.15, -0.1) is 0 Å². The summed E-state index contributed by atoms with van der Waals surface area (Å²) in [5, 5.41) is 4.52. The topological polar surface area (TPSA) is 76.0 Å². The standard InChI is InChI=1S/C22H24F4N4O2S/c1-15(29-33(31,32)27-14-22(24,25)26)17-4-3-5-18(12-17)21-13-20(30(2)28-21)11-8-16-6-9-19(23)10-7-16/h3-7,9-10,12-13,15,27,29H,8,11,14H2,1-2H3. The van der Waals surface area contributed by atoms with Crippen molar-refractivity contribution in [3.8, 4) is 11.3 Å². The summed E-state index contributed by atoms with van der Waals surface area (Å²) < 4.78 is 79.3. The van der Waals surface area contributed by atoms with Gasteiger partial charge in [-0.2, -0.15) is 36.1 Å². The van der Waals surface area contributed by atoms with Crippen LogP contribution in [0.2, 0.25) is 0 Å². The lowest BCUT2D eigenvalue weighted by Crippen LogP contribution is -2.42. The molecule has 1 unspecified atom stereocenters. The predicted octanol–water partition coefficient (Wildman–Crippen LogP) is 4.06. The summed E-state index contributed by atoms with van der Waals surface area (Å²) in [6.07, 6.45) is -3.25. The summed E-state index contributed by atoms with van der Waals surface area (Å²) in [6, 6.07) is 14.4. The van der Waals surface area contributed by atoms with Gasteiger partial charge in [0.1, 0.15) is 12.4 Å². The van der Waals surface area contributed by atoms with E-state index in [2.05, 4.69) is 9.82 Å². The molecular weight excluding hydrogens is 460 g/mol. The first-order valence-corrected chi connectivity index (χ1v) is 11.6. The van der Waals surface area contributed by atoms with Crippen LogP contribution in [0, 0.1) is 5.82 Å².